The van der Waals surface area contributed by atoms with Crippen molar-refractivity contribution in [3.63, 3.8) is 0 Å². The molecule has 18 nitrogen and oxygen atoms in total. The summed E-state index contributed by atoms with van der Waals surface area (Å²) >= 11 is 0. The van der Waals surface area contributed by atoms with E-state index < -0.39 is 0 Å². The molecule has 0 aromatic heterocycles. The summed E-state index contributed by atoms with van der Waals surface area (Å²) in [4.78, 5) is 0. The Morgan fingerprint density at radius 1 is 0.191 bits per heavy atom. The summed E-state index contributed by atoms with van der Waals surface area (Å²) in [6, 6.07) is 18.3. The second-order valence-electron chi connectivity index (χ2n) is 24.8. The number of hydrogen-bond donors (Lipinski definition) is 0. The first kappa shape index (κ1) is 73.1. The molecular formula is C76H112O18. The summed E-state index contributed by atoms with van der Waals surface area (Å²) in [7, 11) is 0. The smallest absolute Gasteiger partial charge is 0.126 e. The zero-order chi connectivity index (χ0) is 65.0. The van der Waals surface area contributed by atoms with E-state index in [4.69, 9.17) is 85.3 Å². The van der Waals surface area contributed by atoms with Crippen molar-refractivity contribution in [2.24, 2.45) is 0 Å². The van der Waals surface area contributed by atoms with Crippen molar-refractivity contribution in [1.82, 2.24) is 0 Å². The first-order valence-electron chi connectivity index (χ1n) is 36.1. The molecule has 0 atom stereocenters. The Morgan fingerprint density at radius 2 is 0.330 bits per heavy atom. The molecular weight excluding hydrogens is 1200 g/mol. The van der Waals surface area contributed by atoms with Gasteiger partial charge in [0.05, 0.1) is 132 Å². The molecule has 94 heavy (non-hydrogen) atoms. The summed E-state index contributed by atoms with van der Waals surface area (Å²) in [5.74, 6) is 4.80. The summed E-state index contributed by atoms with van der Waals surface area (Å²) in [6.45, 7) is 19.5. The average Bonchev–Trinajstić information content (AvgIpc) is 0.769. The Kier molecular flexibility index (Phi) is 33.1. The molecule has 9 rings (SSSR count). The number of unbranched alkanes of at least 4 members (excludes halogenated alkanes) is 8. The van der Waals surface area contributed by atoms with Crippen LogP contribution in [0.4, 0.5) is 0 Å². The molecule has 0 spiro atoms. The van der Waals surface area contributed by atoms with E-state index in [1.54, 1.807) is 0 Å². The van der Waals surface area contributed by atoms with Crippen LogP contribution in [0.5, 0.6) is 46.0 Å². The molecule has 4 heterocycles. The lowest BCUT2D eigenvalue weighted by Crippen LogP contribution is -2.19. The highest BCUT2D eigenvalue weighted by Gasteiger charge is 2.36. The molecule has 8 bridgehead atoms. The predicted octanol–water partition coefficient (Wildman–Crippen LogP) is 14.1. The monoisotopic (exact) mass is 1310 g/mol. The maximum Gasteiger partial charge on any atom is 0.126 e. The zero-order valence-electron chi connectivity index (χ0n) is 57.4. The van der Waals surface area contributed by atoms with Gasteiger partial charge >= 0.3 is 0 Å². The Hall–Kier alpha value is -5.12. The topological polar surface area (TPSA) is 166 Å². The third-order valence-corrected chi connectivity index (χ3v) is 18.1. The van der Waals surface area contributed by atoms with Gasteiger partial charge in [-0.2, -0.15) is 0 Å². The second kappa shape index (κ2) is 42.5. The minimum Gasteiger partial charge on any atom is -0.491 e. The lowest BCUT2D eigenvalue weighted by molar-refractivity contribution is 0.00471. The van der Waals surface area contributed by atoms with Gasteiger partial charge in [0.25, 0.3) is 0 Å². The van der Waals surface area contributed by atoms with Gasteiger partial charge in [0.1, 0.15) is 98.9 Å². The fourth-order valence-corrected chi connectivity index (χ4v) is 13.3. The highest BCUT2D eigenvalue weighted by atomic mass is 16.6. The molecule has 0 fully saturated rings. The van der Waals surface area contributed by atoms with Crippen LogP contribution in [0.1, 0.15) is 199 Å². The summed E-state index contributed by atoms with van der Waals surface area (Å²) in [6.07, 6.45) is 15.2. The molecule has 4 aliphatic heterocycles. The number of benzene rings is 4. The maximum atomic E-state index is 7.17. The van der Waals surface area contributed by atoms with Gasteiger partial charge in [-0.25, -0.2) is 0 Å². The van der Waals surface area contributed by atoms with E-state index in [1.165, 1.54) is 0 Å². The van der Waals surface area contributed by atoms with Crippen molar-refractivity contribution in [3.8, 4) is 46.0 Å². The highest BCUT2D eigenvalue weighted by molar-refractivity contribution is 5.63. The SMILES string of the molecule is CCCCCC1c2cc3c4cc2OCCOCCOCCOCCOc2cc5c(cc21)C(CCCCC)c1cc2c(cc1OCCOCCOCCO5)OCCOCCOCCOCCOc1cc(c(cc1C2CCCCC)C3CCCCC)OCCOCCOCCO4. The minimum absolute atomic E-state index is 0.249. The van der Waals surface area contributed by atoms with E-state index in [1.807, 2.05) is 0 Å². The molecule has 18 heteroatoms. The van der Waals surface area contributed by atoms with Crippen LogP contribution in [-0.4, -0.2) is 185 Å². The van der Waals surface area contributed by atoms with E-state index in [0.717, 1.165) is 193 Å². The molecule has 0 amide bonds. The predicted molar refractivity (Wildman–Crippen MR) is 362 cm³/mol. The number of ether oxygens (including phenoxy) is 18. The maximum absolute atomic E-state index is 7.17. The molecule has 0 N–H and O–H groups in total. The summed E-state index contributed by atoms with van der Waals surface area (Å²) in [5, 5.41) is 0. The van der Waals surface area contributed by atoms with Gasteiger partial charge in [0, 0.05) is 92.4 Å². The average molecular weight is 1310 g/mol. The minimum atomic E-state index is -0.251. The molecule has 4 aromatic carbocycles. The Morgan fingerprint density at radius 3 is 0.468 bits per heavy atom. The van der Waals surface area contributed by atoms with Crippen LogP contribution in [-0.2, 0) is 47.4 Å². The van der Waals surface area contributed by atoms with Crippen LogP contribution in [0.2, 0.25) is 0 Å². The zero-order valence-corrected chi connectivity index (χ0v) is 57.4. The molecule has 5 aliphatic rings. The van der Waals surface area contributed by atoms with Crippen molar-refractivity contribution in [1.29, 1.82) is 0 Å². The first-order valence-corrected chi connectivity index (χ1v) is 36.1. The van der Waals surface area contributed by atoms with E-state index in [9.17, 15) is 0 Å². The van der Waals surface area contributed by atoms with Crippen molar-refractivity contribution in [2.45, 2.75) is 154 Å². The number of hydrogen-bond acceptors (Lipinski definition) is 18. The van der Waals surface area contributed by atoms with Gasteiger partial charge in [-0.15, -0.1) is 0 Å². The van der Waals surface area contributed by atoms with Gasteiger partial charge in [0.15, 0.2) is 0 Å². The van der Waals surface area contributed by atoms with E-state index in [-0.39, 0.29) is 23.7 Å². The number of rotatable bonds is 16. The Bertz CT molecular complexity index is 2430. The molecule has 0 saturated heterocycles. The molecule has 0 unspecified atom stereocenters. The van der Waals surface area contributed by atoms with Crippen molar-refractivity contribution in [3.05, 3.63) is 93.0 Å². The van der Waals surface area contributed by atoms with Crippen LogP contribution < -0.4 is 37.9 Å². The normalized spacial score (nSPS) is 21.6. The summed E-state index contributed by atoms with van der Waals surface area (Å²) in [5.41, 5.74) is 8.31. The third-order valence-electron chi connectivity index (χ3n) is 18.1. The molecule has 0 radical (unpaired) electrons. The highest BCUT2D eigenvalue weighted by Crippen LogP contribution is 2.54. The molecule has 524 valence electrons. The lowest BCUT2D eigenvalue weighted by atomic mass is 9.76. The van der Waals surface area contributed by atoms with Gasteiger partial charge in [-0.1, -0.05) is 105 Å². The quantitative estimate of drug-likeness (QED) is 0.0971. The van der Waals surface area contributed by atoms with Crippen molar-refractivity contribution >= 4 is 0 Å². The third kappa shape index (κ3) is 22.5. The van der Waals surface area contributed by atoms with Gasteiger partial charge in [-0.3, -0.25) is 0 Å². The van der Waals surface area contributed by atoms with E-state index >= 15 is 0 Å². The van der Waals surface area contributed by atoms with E-state index in [2.05, 4.69) is 76.2 Å². The van der Waals surface area contributed by atoms with Crippen molar-refractivity contribution in [2.75, 3.05) is 185 Å². The van der Waals surface area contributed by atoms with Gasteiger partial charge in [-0.05, 0) is 49.9 Å². The van der Waals surface area contributed by atoms with Crippen LogP contribution in [0.25, 0.3) is 0 Å². The second-order valence-corrected chi connectivity index (χ2v) is 24.8. The lowest BCUT2D eigenvalue weighted by Gasteiger charge is -2.32. The molecule has 1 aliphatic carbocycles. The van der Waals surface area contributed by atoms with Crippen LogP contribution in [0, 0.1) is 0 Å². The molecule has 0 saturated carbocycles. The van der Waals surface area contributed by atoms with Crippen molar-refractivity contribution < 1.29 is 85.3 Å². The Labute approximate surface area is 561 Å². The molecule has 4 aromatic rings. The Balaban J connectivity index is 1.45. The van der Waals surface area contributed by atoms with Crippen LogP contribution in [0.3, 0.4) is 0 Å². The van der Waals surface area contributed by atoms with Gasteiger partial charge in [0.2, 0.25) is 0 Å². The summed E-state index contributed by atoms with van der Waals surface area (Å²) < 4.78 is 119. The van der Waals surface area contributed by atoms with Crippen LogP contribution >= 0.6 is 0 Å². The van der Waals surface area contributed by atoms with E-state index in [0.29, 0.717) is 185 Å². The largest absolute Gasteiger partial charge is 0.491 e. The first-order chi connectivity index (χ1) is 46.6. The standard InChI is InChI=1S/C76H112O18/c1-5-9-13-17-57-61-49-65-59(19-15-11-7-3)67-51-63-58(18-14-10-6-2)64-52-68-60(20-16-12-8-4)66-50-62(57)70-54-74(66)92-46-38-84-30-32-86-40-48-94-76(68)56-72(64)90-44-36-82-28-24-78-23-27-81-35-43-89-71(63)55-75(67)93-47-39-85-31-29-83-37-45-91-73(65)53-69(61)87-41-33-79-25-21-77-22-26-80-34-42-88-70/h49-60H,5-48H2,1-4H3. The fourth-order valence-electron chi connectivity index (χ4n) is 13.3. The fraction of sp³-hybridized carbons (Fsp3) is 0.684. The van der Waals surface area contributed by atoms with Crippen LogP contribution in [0.15, 0.2) is 48.5 Å². The van der Waals surface area contributed by atoms with Gasteiger partial charge < -0.3 is 85.3 Å².